The Morgan fingerprint density at radius 3 is 2.85 bits per heavy atom. The van der Waals surface area contributed by atoms with E-state index in [0.717, 1.165) is 63.1 Å². The standard InChI is InChI=1S/C27H40N4O3/c1-4-5-11-30(12-10-28)26(32)18-31-17-22(21-6-7-24-25(14-21)34-19-33-24)15-27(31,3)9-8-23-13-20(2)16-29-23/h6-7,14,16,22H,4-5,8-13,15,17-19,28H2,1-3H3. The number of nitrogens with zero attached hydrogens (tertiary/aromatic N) is 3. The summed E-state index contributed by atoms with van der Waals surface area (Å²) < 4.78 is 11.1. The summed E-state index contributed by atoms with van der Waals surface area (Å²) in [4.78, 5) is 22.3. The Kier molecular flexibility index (Phi) is 7.94. The van der Waals surface area contributed by atoms with Crippen LogP contribution in [0.3, 0.4) is 0 Å². The molecule has 0 bridgehead atoms. The van der Waals surface area contributed by atoms with Crippen LogP contribution < -0.4 is 15.2 Å². The molecule has 2 N–H and O–H groups in total. The van der Waals surface area contributed by atoms with Gasteiger partial charge in [0.1, 0.15) is 0 Å². The molecular weight excluding hydrogens is 428 g/mol. The smallest absolute Gasteiger partial charge is 0.236 e. The quantitative estimate of drug-likeness (QED) is 0.529. The summed E-state index contributed by atoms with van der Waals surface area (Å²) in [7, 11) is 0. The lowest BCUT2D eigenvalue weighted by Crippen LogP contribution is -2.49. The fourth-order valence-corrected chi connectivity index (χ4v) is 5.43. The highest BCUT2D eigenvalue weighted by atomic mass is 16.7. The van der Waals surface area contributed by atoms with Crippen molar-refractivity contribution in [2.24, 2.45) is 10.7 Å². The van der Waals surface area contributed by atoms with E-state index in [0.29, 0.717) is 25.6 Å². The van der Waals surface area contributed by atoms with Crippen molar-refractivity contribution in [3.63, 3.8) is 0 Å². The molecular formula is C27H40N4O3. The van der Waals surface area contributed by atoms with Gasteiger partial charge in [-0.25, -0.2) is 0 Å². The van der Waals surface area contributed by atoms with Gasteiger partial charge in [-0.15, -0.1) is 0 Å². The van der Waals surface area contributed by atoms with Crippen molar-refractivity contribution in [2.45, 2.75) is 70.8 Å². The molecule has 2 unspecified atom stereocenters. The van der Waals surface area contributed by atoms with Gasteiger partial charge in [-0.3, -0.25) is 14.7 Å². The minimum Gasteiger partial charge on any atom is -0.454 e. The fourth-order valence-electron chi connectivity index (χ4n) is 5.43. The molecule has 186 valence electrons. The Bertz CT molecular complexity index is 944. The van der Waals surface area contributed by atoms with Crippen LogP contribution in [-0.4, -0.2) is 66.5 Å². The Morgan fingerprint density at radius 1 is 1.29 bits per heavy atom. The highest BCUT2D eigenvalue weighted by Gasteiger charge is 2.43. The molecule has 7 heteroatoms. The summed E-state index contributed by atoms with van der Waals surface area (Å²) in [6.45, 7) is 10.1. The molecule has 0 spiro atoms. The molecule has 2 atom stereocenters. The number of allylic oxidation sites excluding steroid dienone is 1. The summed E-state index contributed by atoms with van der Waals surface area (Å²) in [5, 5.41) is 0. The molecule has 1 amide bonds. The number of aliphatic imine (C=N–C) groups is 1. The van der Waals surface area contributed by atoms with Crippen molar-refractivity contribution >= 4 is 11.6 Å². The number of benzene rings is 1. The molecule has 3 aliphatic heterocycles. The molecule has 0 aliphatic carbocycles. The minimum atomic E-state index is -0.0746. The molecule has 0 aromatic heterocycles. The molecule has 34 heavy (non-hydrogen) atoms. The first-order valence-electron chi connectivity index (χ1n) is 12.8. The van der Waals surface area contributed by atoms with Gasteiger partial charge < -0.3 is 20.1 Å². The topological polar surface area (TPSA) is 80.4 Å². The van der Waals surface area contributed by atoms with Crippen LogP contribution in [0, 0.1) is 0 Å². The number of nitrogens with two attached hydrogens (primary N) is 1. The van der Waals surface area contributed by atoms with Crippen LogP contribution >= 0.6 is 0 Å². The highest BCUT2D eigenvalue weighted by molar-refractivity contribution is 5.89. The maximum Gasteiger partial charge on any atom is 0.236 e. The number of carbonyl (C=O) groups is 1. The van der Waals surface area contributed by atoms with Gasteiger partial charge in [0.15, 0.2) is 11.5 Å². The van der Waals surface area contributed by atoms with E-state index in [2.05, 4.69) is 42.8 Å². The average molecular weight is 469 g/mol. The van der Waals surface area contributed by atoms with E-state index in [1.807, 2.05) is 17.2 Å². The molecule has 1 aromatic carbocycles. The van der Waals surface area contributed by atoms with Crippen molar-refractivity contribution in [1.29, 1.82) is 0 Å². The summed E-state index contributed by atoms with van der Waals surface area (Å²) in [6, 6.07) is 6.29. The van der Waals surface area contributed by atoms with Crippen molar-refractivity contribution in [3.05, 3.63) is 35.5 Å². The van der Waals surface area contributed by atoms with Gasteiger partial charge in [0.25, 0.3) is 0 Å². The second kappa shape index (κ2) is 10.9. The summed E-state index contributed by atoms with van der Waals surface area (Å²) >= 11 is 0. The minimum absolute atomic E-state index is 0.0746. The van der Waals surface area contributed by atoms with Crippen LogP contribution in [0.15, 0.2) is 35.0 Å². The van der Waals surface area contributed by atoms with Gasteiger partial charge in [0.05, 0.1) is 6.54 Å². The summed E-state index contributed by atoms with van der Waals surface area (Å²) in [5.74, 6) is 2.17. The van der Waals surface area contributed by atoms with Crippen molar-refractivity contribution in [1.82, 2.24) is 9.80 Å². The zero-order valence-electron chi connectivity index (χ0n) is 21.0. The van der Waals surface area contributed by atoms with Gasteiger partial charge in [-0.2, -0.15) is 0 Å². The van der Waals surface area contributed by atoms with E-state index in [9.17, 15) is 4.79 Å². The summed E-state index contributed by atoms with van der Waals surface area (Å²) in [5.41, 5.74) is 9.58. The first-order valence-corrected chi connectivity index (χ1v) is 12.8. The number of carbonyl (C=O) groups excluding carboxylic acids is 1. The Hall–Kier alpha value is -2.38. The zero-order valence-corrected chi connectivity index (χ0v) is 21.0. The second-order valence-electron chi connectivity index (χ2n) is 10.3. The SMILES string of the molecule is CCCCN(CCN)C(=O)CN1CC(c2ccc3c(c2)OCO3)CC1(C)CCC1=NC=C(C)C1. The fraction of sp³-hybridized carbons (Fsp3) is 0.630. The van der Waals surface area contributed by atoms with Crippen LogP contribution in [0.4, 0.5) is 0 Å². The first kappa shape index (κ1) is 24.7. The highest BCUT2D eigenvalue weighted by Crippen LogP contribution is 2.44. The molecule has 0 saturated carbocycles. The molecule has 1 saturated heterocycles. The number of hydrogen-bond acceptors (Lipinski definition) is 6. The molecule has 3 heterocycles. The number of unbranched alkanes of at least 4 members (excludes halogenated alkanes) is 1. The summed E-state index contributed by atoms with van der Waals surface area (Å²) in [6.07, 6.45) is 8.00. The number of likely N-dealkylation sites (tertiary alicyclic amines) is 1. The van der Waals surface area contributed by atoms with Crippen LogP contribution in [0.5, 0.6) is 11.5 Å². The zero-order chi connectivity index (χ0) is 24.1. The second-order valence-corrected chi connectivity index (χ2v) is 10.3. The Labute approximate surface area is 204 Å². The third-order valence-corrected chi connectivity index (χ3v) is 7.52. The van der Waals surface area contributed by atoms with E-state index in [1.54, 1.807) is 0 Å². The van der Waals surface area contributed by atoms with Crippen molar-refractivity contribution < 1.29 is 14.3 Å². The molecule has 3 aliphatic rings. The van der Waals surface area contributed by atoms with Gasteiger partial charge in [0, 0.05) is 50.1 Å². The van der Waals surface area contributed by atoms with E-state index in [-0.39, 0.29) is 18.2 Å². The monoisotopic (exact) mass is 468 g/mol. The van der Waals surface area contributed by atoms with E-state index >= 15 is 0 Å². The lowest BCUT2D eigenvalue weighted by atomic mass is 9.85. The van der Waals surface area contributed by atoms with Crippen LogP contribution in [0.25, 0.3) is 0 Å². The molecule has 1 fully saturated rings. The predicted octanol–water partition coefficient (Wildman–Crippen LogP) is 4.08. The number of fused-ring (bicyclic) bond motifs is 1. The lowest BCUT2D eigenvalue weighted by Gasteiger charge is -2.36. The maximum atomic E-state index is 13.3. The lowest BCUT2D eigenvalue weighted by molar-refractivity contribution is -0.133. The number of amides is 1. The molecule has 1 aromatic rings. The van der Waals surface area contributed by atoms with Gasteiger partial charge in [-0.05, 0) is 68.7 Å². The number of ether oxygens (including phenoxy) is 2. The normalized spacial score (nSPS) is 23.8. The third kappa shape index (κ3) is 5.63. The molecule has 7 nitrogen and oxygen atoms in total. The number of rotatable bonds is 11. The van der Waals surface area contributed by atoms with E-state index < -0.39 is 0 Å². The van der Waals surface area contributed by atoms with E-state index in [1.165, 1.54) is 16.8 Å². The van der Waals surface area contributed by atoms with Gasteiger partial charge >= 0.3 is 0 Å². The van der Waals surface area contributed by atoms with Crippen molar-refractivity contribution in [2.75, 3.05) is 39.5 Å². The van der Waals surface area contributed by atoms with Gasteiger partial charge in [-0.1, -0.05) is 19.4 Å². The first-order chi connectivity index (χ1) is 16.4. The van der Waals surface area contributed by atoms with Gasteiger partial charge in [0.2, 0.25) is 12.7 Å². The Balaban J connectivity index is 1.50. The van der Waals surface area contributed by atoms with Crippen LogP contribution in [-0.2, 0) is 4.79 Å². The maximum absolute atomic E-state index is 13.3. The van der Waals surface area contributed by atoms with Crippen LogP contribution in [0.2, 0.25) is 0 Å². The van der Waals surface area contributed by atoms with E-state index in [4.69, 9.17) is 15.2 Å². The molecule has 4 rings (SSSR count). The third-order valence-electron chi connectivity index (χ3n) is 7.52. The largest absolute Gasteiger partial charge is 0.454 e. The molecule has 0 radical (unpaired) electrons. The number of hydrogen-bond donors (Lipinski definition) is 1. The predicted molar refractivity (Wildman–Crippen MR) is 135 cm³/mol. The average Bonchev–Trinajstić information content (AvgIpc) is 3.54. The van der Waals surface area contributed by atoms with Crippen molar-refractivity contribution in [3.8, 4) is 11.5 Å². The Morgan fingerprint density at radius 2 is 2.12 bits per heavy atom. The van der Waals surface area contributed by atoms with Crippen LogP contribution in [0.1, 0.15) is 70.8 Å².